The fourth-order valence-corrected chi connectivity index (χ4v) is 6.96. The first-order valence-electron chi connectivity index (χ1n) is 7.72. The second-order valence-electron chi connectivity index (χ2n) is 7.22. The van der Waals surface area contributed by atoms with Crippen LogP contribution in [-0.4, -0.2) is 42.3 Å². The molecule has 2 fully saturated rings. The van der Waals surface area contributed by atoms with Gasteiger partial charge in [0.1, 0.15) is 0 Å². The summed E-state index contributed by atoms with van der Waals surface area (Å²) in [5.41, 5.74) is 0.0765. The van der Waals surface area contributed by atoms with Crippen molar-refractivity contribution in [2.45, 2.75) is 32.1 Å². The molecule has 2 aliphatic heterocycles. The van der Waals surface area contributed by atoms with Gasteiger partial charge in [-0.05, 0) is 18.2 Å². The Hall–Kier alpha value is -0.760. The number of amides is 1. The predicted molar refractivity (Wildman–Crippen MR) is 105 cm³/mol. The van der Waals surface area contributed by atoms with Gasteiger partial charge in [0.05, 0.1) is 27.6 Å². The van der Waals surface area contributed by atoms with Crippen molar-refractivity contribution >= 4 is 61.6 Å². The highest BCUT2D eigenvalue weighted by molar-refractivity contribution is 8.16. The van der Waals surface area contributed by atoms with Crippen molar-refractivity contribution in [2.24, 2.45) is 10.4 Å². The van der Waals surface area contributed by atoms with E-state index in [9.17, 15) is 13.2 Å². The number of nitrogens with zero attached hydrogens (tertiary/aromatic N) is 2. The number of fused-ring (bicyclic) bond motifs is 1. The summed E-state index contributed by atoms with van der Waals surface area (Å²) < 4.78 is 24.1. The number of thioether (sulfide) groups is 1. The highest BCUT2D eigenvalue weighted by Gasteiger charge is 2.49. The van der Waals surface area contributed by atoms with Crippen LogP contribution in [0.15, 0.2) is 23.2 Å². The van der Waals surface area contributed by atoms with Crippen LogP contribution in [0, 0.1) is 5.41 Å². The smallest absolute Gasteiger partial charge is 0.253 e. The van der Waals surface area contributed by atoms with Crippen LogP contribution in [0.2, 0.25) is 10.0 Å². The summed E-state index contributed by atoms with van der Waals surface area (Å²) in [5.74, 6) is -0.126. The van der Waals surface area contributed by atoms with Crippen molar-refractivity contribution < 1.29 is 13.2 Å². The largest absolute Gasteiger partial charge is 0.316 e. The van der Waals surface area contributed by atoms with Crippen LogP contribution in [0.4, 0.5) is 5.69 Å². The number of carbonyl (C=O) groups is 1. The topological polar surface area (TPSA) is 66.8 Å². The molecule has 2 aliphatic rings. The Morgan fingerprint density at radius 3 is 2.52 bits per heavy atom. The summed E-state index contributed by atoms with van der Waals surface area (Å²) in [5, 5.41) is 1.15. The minimum absolute atomic E-state index is 0.0354. The van der Waals surface area contributed by atoms with E-state index < -0.39 is 15.3 Å². The SMILES string of the molecule is CC(C)(C)C(=O)N=C1S[C@H]2CS(=O)(=O)C[C@@H]2N1c1ccc(Cl)c(Cl)c1. The molecule has 0 spiro atoms. The van der Waals surface area contributed by atoms with Crippen molar-refractivity contribution in [3.05, 3.63) is 28.2 Å². The van der Waals surface area contributed by atoms with E-state index in [-0.39, 0.29) is 28.7 Å². The Bertz CT molecular complexity index is 863. The zero-order valence-electron chi connectivity index (χ0n) is 14.0. The van der Waals surface area contributed by atoms with Crippen LogP contribution in [0.25, 0.3) is 0 Å². The number of halogens is 2. The molecule has 0 radical (unpaired) electrons. The molecule has 5 nitrogen and oxygen atoms in total. The molecule has 9 heteroatoms. The normalized spacial score (nSPS) is 26.9. The van der Waals surface area contributed by atoms with Gasteiger partial charge >= 0.3 is 0 Å². The van der Waals surface area contributed by atoms with Gasteiger partial charge in [-0.2, -0.15) is 4.99 Å². The molecule has 0 bridgehead atoms. The van der Waals surface area contributed by atoms with Gasteiger partial charge < -0.3 is 4.90 Å². The molecule has 1 aromatic carbocycles. The second kappa shape index (κ2) is 6.44. The maximum absolute atomic E-state index is 12.4. The molecule has 25 heavy (non-hydrogen) atoms. The third-order valence-corrected chi connectivity index (χ3v) is 8.04. The van der Waals surface area contributed by atoms with Crippen molar-refractivity contribution in [3.63, 3.8) is 0 Å². The quantitative estimate of drug-likeness (QED) is 0.693. The molecule has 0 aliphatic carbocycles. The molecule has 0 unspecified atom stereocenters. The van der Waals surface area contributed by atoms with Gasteiger partial charge in [0.25, 0.3) is 5.91 Å². The minimum Gasteiger partial charge on any atom is -0.316 e. The number of anilines is 1. The molecule has 0 N–H and O–H groups in total. The summed E-state index contributed by atoms with van der Waals surface area (Å²) in [6.45, 7) is 5.40. The van der Waals surface area contributed by atoms with Crippen molar-refractivity contribution in [1.82, 2.24) is 0 Å². The average molecular weight is 421 g/mol. The van der Waals surface area contributed by atoms with Crippen molar-refractivity contribution in [1.29, 1.82) is 0 Å². The molecule has 0 saturated carbocycles. The number of carbonyl (C=O) groups excluding carboxylic acids is 1. The lowest BCUT2D eigenvalue weighted by atomic mass is 9.96. The molecule has 2 atom stereocenters. The number of hydrogen-bond donors (Lipinski definition) is 0. The zero-order valence-corrected chi connectivity index (χ0v) is 17.1. The Labute approximate surface area is 161 Å². The van der Waals surface area contributed by atoms with Crippen molar-refractivity contribution in [3.8, 4) is 0 Å². The first-order chi connectivity index (χ1) is 11.5. The Morgan fingerprint density at radius 1 is 1.24 bits per heavy atom. The zero-order chi connectivity index (χ0) is 18.6. The molecule has 1 aromatic rings. The van der Waals surface area contributed by atoms with Crippen LogP contribution in [0.5, 0.6) is 0 Å². The molecule has 1 amide bonds. The number of rotatable bonds is 1. The summed E-state index contributed by atoms with van der Waals surface area (Å²) in [6, 6.07) is 4.83. The Morgan fingerprint density at radius 2 is 1.92 bits per heavy atom. The third kappa shape index (κ3) is 3.84. The molecule has 3 rings (SSSR count). The highest BCUT2D eigenvalue weighted by Crippen LogP contribution is 2.42. The summed E-state index contributed by atoms with van der Waals surface area (Å²) >= 11 is 13.5. The number of aliphatic imine (C=N–C) groups is 1. The van der Waals surface area contributed by atoms with E-state index in [1.807, 2.05) is 4.90 Å². The van der Waals surface area contributed by atoms with Gasteiger partial charge in [0.15, 0.2) is 15.0 Å². The molecule has 0 aromatic heterocycles. The lowest BCUT2D eigenvalue weighted by Crippen LogP contribution is -2.38. The van der Waals surface area contributed by atoms with Gasteiger partial charge in [-0.15, -0.1) is 0 Å². The molecule has 2 heterocycles. The lowest BCUT2D eigenvalue weighted by molar-refractivity contribution is -0.124. The number of hydrogen-bond acceptors (Lipinski definition) is 4. The van der Waals surface area contributed by atoms with E-state index in [1.54, 1.807) is 39.0 Å². The molecule has 136 valence electrons. The standard InChI is InChI=1S/C16H18Cl2N2O3S2/c1-16(2,3)14(21)19-15-20(9-4-5-10(17)11(18)6-9)12-7-25(22,23)8-13(12)24-15/h4-6,12-13H,7-8H2,1-3H3/t12-,13-/m0/s1. The summed E-state index contributed by atoms with van der Waals surface area (Å²) in [7, 11) is -3.11. The lowest BCUT2D eigenvalue weighted by Gasteiger charge is -2.25. The van der Waals surface area contributed by atoms with Crippen molar-refractivity contribution in [2.75, 3.05) is 16.4 Å². The first-order valence-corrected chi connectivity index (χ1v) is 11.2. The average Bonchev–Trinajstić information content (AvgIpc) is 2.92. The maximum atomic E-state index is 12.4. The third-order valence-electron chi connectivity index (χ3n) is 4.09. The van der Waals surface area contributed by atoms with Gasteiger partial charge in [-0.25, -0.2) is 8.42 Å². The van der Waals surface area contributed by atoms with E-state index in [4.69, 9.17) is 23.2 Å². The number of amidine groups is 1. The molecular formula is C16H18Cl2N2O3S2. The van der Waals surface area contributed by atoms with Gasteiger partial charge in [-0.1, -0.05) is 55.7 Å². The van der Waals surface area contributed by atoms with Gasteiger partial charge in [0, 0.05) is 16.4 Å². The van der Waals surface area contributed by atoms with Crippen LogP contribution in [0.1, 0.15) is 20.8 Å². The van der Waals surface area contributed by atoms with Gasteiger partial charge in [-0.3, -0.25) is 4.79 Å². The Balaban J connectivity index is 2.05. The van der Waals surface area contributed by atoms with Gasteiger partial charge in [0.2, 0.25) is 0 Å². The predicted octanol–water partition coefficient (Wildman–Crippen LogP) is 3.64. The molecule has 2 saturated heterocycles. The number of sulfone groups is 1. The van der Waals surface area contributed by atoms with E-state index >= 15 is 0 Å². The van der Waals surface area contributed by atoms with E-state index in [0.717, 1.165) is 0 Å². The first kappa shape index (κ1) is 19.0. The van der Waals surface area contributed by atoms with E-state index in [1.165, 1.54) is 11.8 Å². The monoisotopic (exact) mass is 420 g/mol. The van der Waals surface area contributed by atoms with Crippen LogP contribution in [-0.2, 0) is 14.6 Å². The van der Waals surface area contributed by atoms with Crippen LogP contribution in [0.3, 0.4) is 0 Å². The summed E-state index contributed by atoms with van der Waals surface area (Å²) in [4.78, 5) is 18.5. The van der Waals surface area contributed by atoms with E-state index in [0.29, 0.717) is 20.9 Å². The highest BCUT2D eigenvalue weighted by atomic mass is 35.5. The minimum atomic E-state index is -3.11. The fraction of sp³-hybridized carbons (Fsp3) is 0.500. The van der Waals surface area contributed by atoms with Crippen LogP contribution < -0.4 is 4.90 Å². The van der Waals surface area contributed by atoms with E-state index in [2.05, 4.69) is 4.99 Å². The van der Waals surface area contributed by atoms with Crippen LogP contribution >= 0.6 is 35.0 Å². The maximum Gasteiger partial charge on any atom is 0.253 e. The summed E-state index contributed by atoms with van der Waals surface area (Å²) in [6.07, 6.45) is 0. The molecular weight excluding hydrogens is 403 g/mol. The Kier molecular flexibility index (Phi) is 4.90. The second-order valence-corrected chi connectivity index (χ2v) is 11.4. The number of benzene rings is 1. The fourth-order valence-electron chi connectivity index (χ4n) is 2.76.